The molecule has 74 heavy (non-hydrogen) atoms. The van der Waals surface area contributed by atoms with Crippen LogP contribution in [-0.2, 0) is 68.6 Å². The SMILES string of the molecule is CC1(C)CC(n2cc(CNC(=O)CC[C@@H](NC(=O)[C@@H]3Cc4c([nH]c5ccccc45)CN3C(=O)[C@@H]3Cc4c([nH]c5ccccc45)CN3)C(=O)NCc3cn(C4CC(C)(C)N([O])C(C)(C)C4)nn3)nn2)CC(C)(C)N1[O]. The smallest absolute Gasteiger partial charge is 0.243 e. The molecule has 4 aromatic heterocycles. The van der Waals surface area contributed by atoms with Crippen LogP contribution < -0.4 is 21.3 Å². The number of para-hydroxylation sites is 2. The molecular weight excluding hydrogens is 943 g/mol. The summed E-state index contributed by atoms with van der Waals surface area (Å²) >= 11 is 0. The van der Waals surface area contributed by atoms with Crippen LogP contribution in [0.1, 0.15) is 140 Å². The van der Waals surface area contributed by atoms with Crippen molar-refractivity contribution in [2.75, 3.05) is 0 Å². The van der Waals surface area contributed by atoms with Crippen molar-refractivity contribution in [3.05, 3.63) is 94.8 Å². The van der Waals surface area contributed by atoms with Gasteiger partial charge in [0, 0.05) is 74.7 Å². The minimum atomic E-state index is -1.19. The summed E-state index contributed by atoms with van der Waals surface area (Å²) in [6, 6.07) is 12.9. The lowest BCUT2D eigenvalue weighted by molar-refractivity contribution is -0.293. The summed E-state index contributed by atoms with van der Waals surface area (Å²) in [7, 11) is 0. The van der Waals surface area contributed by atoms with Crippen molar-refractivity contribution in [1.29, 1.82) is 0 Å². The maximum Gasteiger partial charge on any atom is 0.243 e. The van der Waals surface area contributed by atoms with Gasteiger partial charge in [-0.15, -0.1) is 30.7 Å². The van der Waals surface area contributed by atoms with Crippen molar-refractivity contribution in [3.63, 3.8) is 0 Å². The van der Waals surface area contributed by atoms with Gasteiger partial charge >= 0.3 is 0 Å². The van der Waals surface area contributed by atoms with E-state index in [1.54, 1.807) is 26.7 Å². The number of hydroxylamine groups is 4. The number of hydrogen-bond acceptors (Lipinski definition) is 11. The van der Waals surface area contributed by atoms with Gasteiger partial charge in [-0.1, -0.05) is 46.8 Å². The summed E-state index contributed by atoms with van der Waals surface area (Å²) in [5.74, 6) is -1.67. The first-order valence-corrected chi connectivity index (χ1v) is 25.9. The zero-order chi connectivity index (χ0) is 52.5. The molecule has 0 aliphatic carbocycles. The number of piperidine rings is 2. The number of benzene rings is 2. The molecule has 2 fully saturated rings. The van der Waals surface area contributed by atoms with Crippen molar-refractivity contribution in [1.82, 2.24) is 76.2 Å². The standard InChI is InChI=1S/C53H69N15O6/c1-50(2)21-33(22-51(3,4)67(50)73)65-28-31(60-62-65)25-55-46(69)18-17-41(47(70)56-26-32-29-66(63-61-32)34-23-52(5,6)68(74)53(7,8)24-34)59-48(71)45-20-38-36-14-10-12-16-40(36)58-44(38)30-64(45)49(72)42-19-37-35-13-9-11-15-39(35)57-43(37)27-54-42/h9-16,28-29,33-34,41-42,45,54,57-58H,17-27,30H2,1-8H3,(H,55,69)(H,56,70)(H,59,71)/t41-,42+,45+/m1/s1. The number of nitrogens with one attached hydrogen (secondary N) is 6. The van der Waals surface area contributed by atoms with E-state index in [1.807, 2.05) is 104 Å². The molecule has 8 heterocycles. The van der Waals surface area contributed by atoms with Crippen LogP contribution in [0.3, 0.4) is 0 Å². The molecule has 0 saturated carbocycles. The lowest BCUT2D eigenvalue weighted by Gasteiger charge is -2.49. The molecule has 4 aliphatic heterocycles. The van der Waals surface area contributed by atoms with E-state index in [9.17, 15) is 29.6 Å². The van der Waals surface area contributed by atoms with Crippen LogP contribution in [0.5, 0.6) is 0 Å². The first kappa shape index (κ1) is 51.0. The summed E-state index contributed by atoms with van der Waals surface area (Å²) in [5, 5.41) is 60.1. The number of H-pyrrole nitrogens is 2. The third-order valence-corrected chi connectivity index (χ3v) is 15.9. The Balaban J connectivity index is 0.865. The maximum absolute atomic E-state index is 15.0. The number of aromatic amines is 2. The molecular formula is C53H69N15O6. The molecule has 6 N–H and O–H groups in total. The van der Waals surface area contributed by atoms with E-state index in [0.29, 0.717) is 50.0 Å². The Labute approximate surface area is 430 Å². The number of amides is 4. The largest absolute Gasteiger partial charge is 0.357 e. The second kappa shape index (κ2) is 19.3. The summed E-state index contributed by atoms with van der Waals surface area (Å²) in [6.07, 6.45) is 6.28. The van der Waals surface area contributed by atoms with E-state index in [1.165, 1.54) is 0 Å². The molecule has 21 nitrogen and oxygen atoms in total. The summed E-state index contributed by atoms with van der Waals surface area (Å²) in [5.41, 5.74) is 4.31. The Morgan fingerprint density at radius 3 is 1.73 bits per heavy atom. The van der Waals surface area contributed by atoms with Crippen LogP contribution in [0.4, 0.5) is 0 Å². The fourth-order valence-corrected chi connectivity index (χ4v) is 12.5. The highest BCUT2D eigenvalue weighted by Crippen LogP contribution is 2.43. The fraction of sp³-hybridized carbons (Fsp3) is 0.547. The minimum absolute atomic E-state index is 0.0155. The van der Waals surface area contributed by atoms with Gasteiger partial charge in [-0.25, -0.2) is 9.36 Å². The predicted octanol–water partition coefficient (Wildman–Crippen LogP) is 4.78. The summed E-state index contributed by atoms with van der Waals surface area (Å²) in [4.78, 5) is 66.5. The van der Waals surface area contributed by atoms with Gasteiger partial charge in [0.05, 0.1) is 50.2 Å². The molecule has 4 aliphatic rings. The molecule has 4 amide bonds. The van der Waals surface area contributed by atoms with Gasteiger partial charge in [-0.2, -0.15) is 0 Å². The monoisotopic (exact) mass is 1010 g/mol. The highest BCUT2D eigenvalue weighted by molar-refractivity contribution is 5.96. The first-order valence-electron chi connectivity index (χ1n) is 25.9. The van der Waals surface area contributed by atoms with Crippen molar-refractivity contribution in [2.45, 2.75) is 185 Å². The second-order valence-electron chi connectivity index (χ2n) is 23.5. The predicted molar refractivity (Wildman–Crippen MR) is 272 cm³/mol. The molecule has 2 saturated heterocycles. The molecule has 21 heteroatoms. The second-order valence-corrected chi connectivity index (χ2v) is 23.5. The molecule has 3 atom stereocenters. The van der Waals surface area contributed by atoms with Gasteiger partial charge in [0.2, 0.25) is 23.6 Å². The van der Waals surface area contributed by atoms with Crippen LogP contribution in [0.2, 0.25) is 0 Å². The number of aromatic nitrogens is 8. The summed E-state index contributed by atoms with van der Waals surface area (Å²) < 4.78 is 3.52. The highest BCUT2D eigenvalue weighted by Gasteiger charge is 2.49. The van der Waals surface area contributed by atoms with E-state index in [-0.39, 0.29) is 62.8 Å². The molecule has 392 valence electrons. The number of hydrogen-bond donors (Lipinski definition) is 6. The number of fused-ring (bicyclic) bond motifs is 6. The average Bonchev–Trinajstić information content (AvgIpc) is 4.19. The molecule has 0 bridgehead atoms. The van der Waals surface area contributed by atoms with Gasteiger partial charge in [-0.3, -0.25) is 24.5 Å². The third kappa shape index (κ3) is 9.94. The van der Waals surface area contributed by atoms with Crippen LogP contribution in [0.15, 0.2) is 60.9 Å². The van der Waals surface area contributed by atoms with Crippen molar-refractivity contribution >= 4 is 45.4 Å². The van der Waals surface area contributed by atoms with Crippen molar-refractivity contribution in [2.24, 2.45) is 0 Å². The maximum atomic E-state index is 15.0. The quantitative estimate of drug-likeness (QED) is 0.0918. The van der Waals surface area contributed by atoms with Crippen LogP contribution in [0, 0.1) is 0 Å². The van der Waals surface area contributed by atoms with Gasteiger partial charge in [-0.05, 0) is 117 Å². The molecule has 2 radical (unpaired) electrons. The van der Waals surface area contributed by atoms with Crippen molar-refractivity contribution in [3.8, 4) is 0 Å². The Morgan fingerprint density at radius 2 is 1.18 bits per heavy atom. The number of carbonyl (C=O) groups is 4. The van der Waals surface area contributed by atoms with Crippen LogP contribution in [-0.4, -0.2) is 119 Å². The number of rotatable bonds is 13. The topological polar surface area (TPSA) is 259 Å². The Morgan fingerprint density at radius 1 is 0.676 bits per heavy atom. The zero-order valence-corrected chi connectivity index (χ0v) is 43.6. The highest BCUT2D eigenvalue weighted by atomic mass is 16.5. The van der Waals surface area contributed by atoms with Crippen molar-refractivity contribution < 1.29 is 29.6 Å². The molecule has 10 rings (SSSR count). The van der Waals surface area contributed by atoms with Gasteiger partial charge < -0.3 is 30.8 Å². The lowest BCUT2D eigenvalue weighted by atomic mass is 9.79. The van der Waals surface area contributed by atoms with Gasteiger partial charge in [0.1, 0.15) is 23.5 Å². The van der Waals surface area contributed by atoms with E-state index in [4.69, 9.17) is 0 Å². The summed E-state index contributed by atoms with van der Waals surface area (Å²) in [6.45, 7) is 16.0. The van der Waals surface area contributed by atoms with Crippen LogP contribution in [0.25, 0.3) is 21.8 Å². The fourth-order valence-electron chi connectivity index (χ4n) is 12.5. The third-order valence-electron chi connectivity index (χ3n) is 15.9. The Hall–Kier alpha value is -6.52. The minimum Gasteiger partial charge on any atom is -0.357 e. The molecule has 0 spiro atoms. The Kier molecular flexibility index (Phi) is 13.3. The van der Waals surface area contributed by atoms with E-state index in [0.717, 1.165) is 54.4 Å². The molecule has 6 aromatic rings. The molecule has 0 unspecified atom stereocenters. The van der Waals surface area contributed by atoms with Gasteiger partial charge in [0.15, 0.2) is 0 Å². The normalized spacial score (nSPS) is 22.3. The zero-order valence-electron chi connectivity index (χ0n) is 43.6. The van der Waals surface area contributed by atoms with Crippen LogP contribution >= 0.6 is 0 Å². The average molecular weight is 1010 g/mol. The lowest BCUT2D eigenvalue weighted by Crippen LogP contribution is -2.60. The van der Waals surface area contributed by atoms with E-state index in [2.05, 4.69) is 51.9 Å². The van der Waals surface area contributed by atoms with E-state index >= 15 is 0 Å². The number of carbonyl (C=O) groups excluding carboxylic acids is 4. The van der Waals surface area contributed by atoms with Gasteiger partial charge in [0.25, 0.3) is 0 Å². The molecule has 2 aromatic carbocycles. The Bertz CT molecular complexity index is 3060. The number of nitrogens with zero attached hydrogens (tertiary/aromatic N) is 9. The first-order chi connectivity index (χ1) is 35.1. The van der Waals surface area contributed by atoms with E-state index < -0.39 is 52.1 Å².